The largest absolute Gasteiger partial charge is 0.372 e. The molecule has 2 aromatic rings. The van der Waals surface area contributed by atoms with E-state index in [9.17, 15) is 0 Å². The van der Waals surface area contributed by atoms with Crippen molar-refractivity contribution in [2.24, 2.45) is 4.99 Å². The van der Waals surface area contributed by atoms with Crippen LogP contribution in [0.15, 0.2) is 35.5 Å². The minimum Gasteiger partial charge on any atom is -0.372 e. The average Bonchev–Trinajstić information content (AvgIpc) is 3.07. The monoisotopic (exact) mass is 515 g/mol. The second-order valence-corrected chi connectivity index (χ2v) is 8.35. The minimum atomic E-state index is 0. The van der Waals surface area contributed by atoms with Crippen molar-refractivity contribution in [1.29, 1.82) is 0 Å². The van der Waals surface area contributed by atoms with Gasteiger partial charge in [0, 0.05) is 42.6 Å². The van der Waals surface area contributed by atoms with E-state index in [0.717, 1.165) is 37.0 Å². The van der Waals surface area contributed by atoms with E-state index in [4.69, 9.17) is 4.74 Å². The van der Waals surface area contributed by atoms with E-state index < -0.39 is 0 Å². The molecule has 0 amide bonds. The van der Waals surface area contributed by atoms with Gasteiger partial charge in [-0.3, -0.25) is 4.99 Å². The van der Waals surface area contributed by atoms with Gasteiger partial charge < -0.3 is 20.3 Å². The summed E-state index contributed by atoms with van der Waals surface area (Å²) in [5, 5.41) is 6.69. The number of hydrogen-bond donors (Lipinski definition) is 2. The van der Waals surface area contributed by atoms with Crippen LogP contribution in [0.1, 0.15) is 29.2 Å². The van der Waals surface area contributed by atoms with Crippen molar-refractivity contribution in [1.82, 2.24) is 15.6 Å². The Morgan fingerprint density at radius 3 is 2.46 bits per heavy atom. The summed E-state index contributed by atoms with van der Waals surface area (Å²) in [5.74, 6) is 1.80. The van der Waals surface area contributed by atoms with Crippen molar-refractivity contribution >= 4 is 47.1 Å². The third kappa shape index (κ3) is 6.59. The maximum absolute atomic E-state index is 5.80. The number of nitrogens with zero attached hydrogens (tertiary/aromatic N) is 3. The lowest BCUT2D eigenvalue weighted by atomic mass is 10.2. The highest BCUT2D eigenvalue weighted by Crippen LogP contribution is 2.18. The smallest absolute Gasteiger partial charge is 0.191 e. The van der Waals surface area contributed by atoms with Crippen LogP contribution in [0, 0.1) is 6.92 Å². The Morgan fingerprint density at radius 2 is 1.89 bits per heavy atom. The molecule has 154 valence electrons. The molecular weight excluding hydrogens is 485 g/mol. The highest BCUT2D eigenvalue weighted by molar-refractivity contribution is 14.0. The Kier molecular flexibility index (Phi) is 8.97. The number of guanidine groups is 1. The molecule has 3 rings (SSSR count). The van der Waals surface area contributed by atoms with E-state index in [1.165, 1.54) is 9.75 Å². The van der Waals surface area contributed by atoms with Gasteiger partial charge in [-0.15, -0.1) is 35.3 Å². The predicted molar refractivity (Wildman–Crippen MR) is 128 cm³/mol. The zero-order valence-electron chi connectivity index (χ0n) is 16.9. The molecule has 2 N–H and O–H groups in total. The zero-order valence-corrected chi connectivity index (χ0v) is 20.1. The quantitative estimate of drug-likeness (QED) is 0.363. The first-order valence-corrected chi connectivity index (χ1v) is 10.2. The molecule has 0 aliphatic carbocycles. The van der Waals surface area contributed by atoms with Crippen LogP contribution in [0.4, 0.5) is 5.82 Å². The van der Waals surface area contributed by atoms with Crippen LogP contribution in [0.2, 0.25) is 0 Å². The number of morpholine rings is 1. The summed E-state index contributed by atoms with van der Waals surface area (Å²) in [7, 11) is 1.79. The second kappa shape index (κ2) is 11.0. The first-order valence-electron chi connectivity index (χ1n) is 9.38. The van der Waals surface area contributed by atoms with E-state index in [-0.39, 0.29) is 36.2 Å². The molecule has 0 radical (unpaired) electrons. The molecule has 8 heteroatoms. The molecule has 0 spiro atoms. The van der Waals surface area contributed by atoms with Gasteiger partial charge in [0.05, 0.1) is 18.8 Å². The summed E-state index contributed by atoms with van der Waals surface area (Å²) >= 11 is 1.80. The number of nitrogens with one attached hydrogen (secondary N) is 2. The topological polar surface area (TPSA) is 61.8 Å². The third-order valence-electron chi connectivity index (χ3n) is 4.46. The number of aromatic nitrogens is 1. The number of aryl methyl sites for hydroxylation is 1. The molecule has 28 heavy (non-hydrogen) atoms. The number of aliphatic imine (C=N–C) groups is 1. The van der Waals surface area contributed by atoms with Gasteiger partial charge in [-0.05, 0) is 44.5 Å². The number of ether oxygens (including phenoxy) is 1. The van der Waals surface area contributed by atoms with E-state index >= 15 is 0 Å². The van der Waals surface area contributed by atoms with Gasteiger partial charge in [-0.1, -0.05) is 6.07 Å². The highest BCUT2D eigenvalue weighted by Gasteiger charge is 2.22. The van der Waals surface area contributed by atoms with Crippen molar-refractivity contribution in [2.75, 3.05) is 25.0 Å². The number of pyridine rings is 1. The van der Waals surface area contributed by atoms with Crippen molar-refractivity contribution in [3.8, 4) is 0 Å². The molecule has 3 heterocycles. The second-order valence-electron chi connectivity index (χ2n) is 6.98. The highest BCUT2D eigenvalue weighted by atomic mass is 127. The predicted octanol–water partition coefficient (Wildman–Crippen LogP) is 3.55. The molecule has 2 atom stereocenters. The van der Waals surface area contributed by atoms with Crippen LogP contribution in [0.3, 0.4) is 0 Å². The van der Waals surface area contributed by atoms with Crippen LogP contribution in [0.5, 0.6) is 0 Å². The molecule has 2 aromatic heterocycles. The molecular formula is C20H30IN5OS. The SMILES string of the molecule is CN=C(NCc1ccc(N2CC(C)OC(C)C2)nc1)NCc1ccc(C)s1.I. The fraction of sp³-hybridized carbons (Fsp3) is 0.500. The molecule has 0 bridgehead atoms. The Hall–Kier alpha value is -1.39. The summed E-state index contributed by atoms with van der Waals surface area (Å²) in [6.07, 6.45) is 2.40. The van der Waals surface area contributed by atoms with Crippen LogP contribution >= 0.6 is 35.3 Å². The standard InChI is InChI=1S/C20H29N5OS.HI/c1-14-12-25(13-15(2)26-14)19-8-6-17(9-22-19)10-23-20(21-4)24-11-18-7-5-16(3)27-18;/h5-9,14-15H,10-13H2,1-4H3,(H2,21,23,24);1H. The van der Waals surface area contributed by atoms with Gasteiger partial charge in [0.15, 0.2) is 5.96 Å². The van der Waals surface area contributed by atoms with Crippen LogP contribution in [0.25, 0.3) is 0 Å². The Morgan fingerprint density at radius 1 is 1.18 bits per heavy atom. The lowest BCUT2D eigenvalue weighted by molar-refractivity contribution is -0.00545. The van der Waals surface area contributed by atoms with Gasteiger partial charge in [-0.25, -0.2) is 4.98 Å². The number of hydrogen-bond acceptors (Lipinski definition) is 5. The molecule has 2 unspecified atom stereocenters. The summed E-state index contributed by atoms with van der Waals surface area (Å²) in [6.45, 7) is 9.57. The van der Waals surface area contributed by atoms with Gasteiger partial charge >= 0.3 is 0 Å². The van der Waals surface area contributed by atoms with Crippen LogP contribution < -0.4 is 15.5 Å². The number of halogens is 1. The third-order valence-corrected chi connectivity index (χ3v) is 5.46. The molecule has 1 aliphatic heterocycles. The number of thiophene rings is 1. The molecule has 1 fully saturated rings. The molecule has 0 aromatic carbocycles. The minimum absolute atomic E-state index is 0. The maximum Gasteiger partial charge on any atom is 0.191 e. The van der Waals surface area contributed by atoms with Crippen molar-refractivity contribution < 1.29 is 4.74 Å². The number of rotatable bonds is 5. The van der Waals surface area contributed by atoms with Crippen LogP contribution in [-0.4, -0.2) is 43.3 Å². The lowest BCUT2D eigenvalue weighted by Gasteiger charge is -2.36. The van der Waals surface area contributed by atoms with Gasteiger partial charge in [0.25, 0.3) is 0 Å². The summed E-state index contributed by atoms with van der Waals surface area (Å²) in [6, 6.07) is 8.50. The zero-order chi connectivity index (χ0) is 19.2. The fourth-order valence-corrected chi connectivity index (χ4v) is 4.06. The molecule has 6 nitrogen and oxygen atoms in total. The fourth-order valence-electron chi connectivity index (χ4n) is 3.23. The Labute approximate surface area is 188 Å². The number of anilines is 1. The van der Waals surface area contributed by atoms with E-state index in [2.05, 4.69) is 70.5 Å². The summed E-state index contributed by atoms with van der Waals surface area (Å²) in [5.41, 5.74) is 1.13. The van der Waals surface area contributed by atoms with E-state index in [1.54, 1.807) is 18.4 Å². The maximum atomic E-state index is 5.80. The van der Waals surface area contributed by atoms with Crippen molar-refractivity contribution in [3.63, 3.8) is 0 Å². The van der Waals surface area contributed by atoms with Crippen LogP contribution in [-0.2, 0) is 17.8 Å². The Bertz CT molecular complexity index is 754. The van der Waals surface area contributed by atoms with Gasteiger partial charge in [0.2, 0.25) is 0 Å². The van der Waals surface area contributed by atoms with E-state index in [1.807, 2.05) is 6.20 Å². The average molecular weight is 515 g/mol. The lowest BCUT2D eigenvalue weighted by Crippen LogP contribution is -2.45. The van der Waals surface area contributed by atoms with E-state index in [0.29, 0.717) is 6.54 Å². The summed E-state index contributed by atoms with van der Waals surface area (Å²) in [4.78, 5) is 13.8. The van der Waals surface area contributed by atoms with Crippen molar-refractivity contribution in [2.45, 2.75) is 46.1 Å². The normalized spacial score (nSPS) is 19.9. The summed E-state index contributed by atoms with van der Waals surface area (Å²) < 4.78 is 5.80. The molecule has 1 aliphatic rings. The first kappa shape index (κ1) is 22.9. The van der Waals surface area contributed by atoms with Gasteiger partial charge in [0.1, 0.15) is 5.82 Å². The Balaban J connectivity index is 0.00000280. The molecule has 1 saturated heterocycles. The first-order chi connectivity index (χ1) is 13.0. The van der Waals surface area contributed by atoms with Gasteiger partial charge in [-0.2, -0.15) is 0 Å². The molecule has 0 saturated carbocycles. The van der Waals surface area contributed by atoms with Crippen molar-refractivity contribution in [3.05, 3.63) is 45.8 Å².